The van der Waals surface area contributed by atoms with Crippen LogP contribution >= 0.6 is 0 Å². The van der Waals surface area contributed by atoms with Gasteiger partial charge < -0.3 is 9.88 Å². The fourth-order valence-corrected chi connectivity index (χ4v) is 3.05. The first-order valence-corrected chi connectivity index (χ1v) is 6.60. The lowest BCUT2D eigenvalue weighted by Gasteiger charge is -2.25. The van der Waals surface area contributed by atoms with Gasteiger partial charge in [0.05, 0.1) is 5.69 Å². The van der Waals surface area contributed by atoms with Crippen molar-refractivity contribution in [2.24, 2.45) is 0 Å². The van der Waals surface area contributed by atoms with Gasteiger partial charge in [0.25, 0.3) is 0 Å². The van der Waals surface area contributed by atoms with Crippen LogP contribution in [0.2, 0.25) is 0 Å². The number of rotatable bonds is 1. The quantitative estimate of drug-likeness (QED) is 0.796. The second kappa shape index (κ2) is 4.50. The molecule has 1 aromatic heterocycles. The SMILES string of the molecule is N#Cc1nc(C2CCNCC2)n2c1CCCC2. The Morgan fingerprint density at radius 1 is 1.29 bits per heavy atom. The van der Waals surface area contributed by atoms with E-state index in [1.54, 1.807) is 0 Å². The summed E-state index contributed by atoms with van der Waals surface area (Å²) < 4.78 is 2.33. The van der Waals surface area contributed by atoms with Crippen LogP contribution in [0, 0.1) is 11.3 Å². The summed E-state index contributed by atoms with van der Waals surface area (Å²) in [5.41, 5.74) is 1.87. The van der Waals surface area contributed by atoms with E-state index in [1.165, 1.54) is 24.4 Å². The summed E-state index contributed by atoms with van der Waals surface area (Å²) in [7, 11) is 0. The van der Waals surface area contributed by atoms with Crippen LogP contribution in [0.1, 0.15) is 48.8 Å². The van der Waals surface area contributed by atoms with Gasteiger partial charge in [-0.3, -0.25) is 0 Å². The van der Waals surface area contributed by atoms with E-state index in [4.69, 9.17) is 5.26 Å². The summed E-state index contributed by atoms with van der Waals surface area (Å²) >= 11 is 0. The number of fused-ring (bicyclic) bond motifs is 1. The van der Waals surface area contributed by atoms with E-state index < -0.39 is 0 Å². The standard InChI is InChI=1S/C13H18N4/c14-9-11-12-3-1-2-8-17(12)13(16-11)10-4-6-15-7-5-10/h10,15H,1-8H2. The first-order valence-electron chi connectivity index (χ1n) is 6.60. The highest BCUT2D eigenvalue weighted by molar-refractivity contribution is 5.31. The molecule has 3 heterocycles. The van der Waals surface area contributed by atoms with Gasteiger partial charge in [-0.05, 0) is 45.2 Å². The van der Waals surface area contributed by atoms with Gasteiger partial charge in [0.15, 0.2) is 5.69 Å². The Labute approximate surface area is 102 Å². The molecule has 0 bridgehead atoms. The smallest absolute Gasteiger partial charge is 0.161 e. The molecule has 0 aliphatic carbocycles. The average Bonchev–Trinajstić information content (AvgIpc) is 2.78. The number of nitrogens with one attached hydrogen (secondary N) is 1. The summed E-state index contributed by atoms with van der Waals surface area (Å²) in [5.74, 6) is 1.73. The molecule has 1 fully saturated rings. The topological polar surface area (TPSA) is 53.6 Å². The van der Waals surface area contributed by atoms with Gasteiger partial charge in [0, 0.05) is 12.5 Å². The molecule has 0 amide bonds. The maximum absolute atomic E-state index is 9.17. The zero-order chi connectivity index (χ0) is 11.7. The number of imidazole rings is 1. The lowest BCUT2D eigenvalue weighted by Crippen LogP contribution is -2.28. The van der Waals surface area contributed by atoms with Crippen molar-refractivity contribution < 1.29 is 0 Å². The Kier molecular flexibility index (Phi) is 2.86. The predicted molar refractivity (Wildman–Crippen MR) is 64.7 cm³/mol. The van der Waals surface area contributed by atoms with Crippen molar-refractivity contribution in [1.29, 1.82) is 5.26 Å². The molecule has 3 rings (SSSR count). The number of hydrogen-bond donors (Lipinski definition) is 1. The van der Waals surface area contributed by atoms with E-state index in [-0.39, 0.29) is 0 Å². The van der Waals surface area contributed by atoms with E-state index >= 15 is 0 Å². The highest BCUT2D eigenvalue weighted by atomic mass is 15.1. The molecule has 0 spiro atoms. The van der Waals surface area contributed by atoms with Gasteiger partial charge in [-0.15, -0.1) is 0 Å². The summed E-state index contributed by atoms with van der Waals surface area (Å²) in [6, 6.07) is 2.27. The van der Waals surface area contributed by atoms with Crippen LogP contribution in [0.4, 0.5) is 0 Å². The molecule has 0 unspecified atom stereocenters. The highest BCUT2D eigenvalue weighted by Gasteiger charge is 2.26. The monoisotopic (exact) mass is 230 g/mol. The first kappa shape index (κ1) is 10.8. The predicted octanol–water partition coefficient (Wildman–Crippen LogP) is 1.56. The zero-order valence-electron chi connectivity index (χ0n) is 10.1. The Morgan fingerprint density at radius 2 is 2.12 bits per heavy atom. The Bertz CT molecular complexity index is 449. The summed E-state index contributed by atoms with van der Waals surface area (Å²) in [4.78, 5) is 4.61. The van der Waals surface area contributed by atoms with Gasteiger partial charge in [-0.25, -0.2) is 4.98 Å². The summed E-state index contributed by atoms with van der Waals surface area (Å²) in [5, 5.41) is 12.6. The van der Waals surface area contributed by atoms with E-state index in [0.29, 0.717) is 11.6 Å². The van der Waals surface area contributed by atoms with E-state index in [1.807, 2.05) is 0 Å². The van der Waals surface area contributed by atoms with Crippen molar-refractivity contribution in [3.05, 3.63) is 17.2 Å². The first-order chi connectivity index (χ1) is 8.40. The average molecular weight is 230 g/mol. The molecule has 1 N–H and O–H groups in total. The Morgan fingerprint density at radius 3 is 2.88 bits per heavy atom. The normalized spacial score (nSPS) is 20.9. The van der Waals surface area contributed by atoms with Crippen LogP contribution < -0.4 is 5.32 Å². The van der Waals surface area contributed by atoms with Crippen molar-refractivity contribution in [2.45, 2.75) is 44.6 Å². The molecule has 1 saturated heterocycles. The van der Waals surface area contributed by atoms with Crippen LogP contribution in [-0.4, -0.2) is 22.6 Å². The number of nitriles is 1. The Balaban J connectivity index is 1.98. The number of aromatic nitrogens is 2. The molecule has 1 aromatic rings. The number of nitrogens with zero attached hydrogens (tertiary/aromatic N) is 3. The molecular weight excluding hydrogens is 212 g/mol. The third-order valence-corrected chi connectivity index (χ3v) is 3.96. The van der Waals surface area contributed by atoms with Crippen LogP contribution in [0.15, 0.2) is 0 Å². The molecular formula is C13H18N4. The largest absolute Gasteiger partial charge is 0.330 e. The summed E-state index contributed by atoms with van der Waals surface area (Å²) in [6.45, 7) is 3.22. The third kappa shape index (κ3) is 1.85. The minimum atomic E-state index is 0.551. The zero-order valence-corrected chi connectivity index (χ0v) is 10.1. The maximum Gasteiger partial charge on any atom is 0.161 e. The highest BCUT2D eigenvalue weighted by Crippen LogP contribution is 2.29. The molecule has 4 heteroatoms. The van der Waals surface area contributed by atoms with Crippen LogP contribution in [0.3, 0.4) is 0 Å². The minimum Gasteiger partial charge on any atom is -0.330 e. The van der Waals surface area contributed by atoms with Gasteiger partial charge in [-0.1, -0.05) is 0 Å². The minimum absolute atomic E-state index is 0.551. The third-order valence-electron chi connectivity index (χ3n) is 3.96. The van der Waals surface area contributed by atoms with Crippen molar-refractivity contribution in [3.8, 4) is 6.07 Å². The van der Waals surface area contributed by atoms with Gasteiger partial charge in [-0.2, -0.15) is 5.26 Å². The number of hydrogen-bond acceptors (Lipinski definition) is 3. The molecule has 0 radical (unpaired) electrons. The van der Waals surface area contributed by atoms with E-state index in [0.717, 1.165) is 38.9 Å². The lowest BCUT2D eigenvalue weighted by molar-refractivity contribution is 0.416. The Hall–Kier alpha value is -1.34. The van der Waals surface area contributed by atoms with Crippen molar-refractivity contribution in [1.82, 2.24) is 14.9 Å². The van der Waals surface area contributed by atoms with E-state index in [2.05, 4.69) is 20.9 Å². The van der Waals surface area contributed by atoms with E-state index in [9.17, 15) is 0 Å². The maximum atomic E-state index is 9.17. The lowest BCUT2D eigenvalue weighted by atomic mass is 9.97. The molecule has 0 atom stereocenters. The van der Waals surface area contributed by atoms with Crippen LogP contribution in [0.5, 0.6) is 0 Å². The van der Waals surface area contributed by atoms with Crippen molar-refractivity contribution >= 4 is 0 Å². The molecule has 2 aliphatic rings. The fraction of sp³-hybridized carbons (Fsp3) is 0.692. The second-order valence-electron chi connectivity index (χ2n) is 5.01. The second-order valence-corrected chi connectivity index (χ2v) is 5.01. The molecule has 0 aromatic carbocycles. The molecule has 90 valence electrons. The van der Waals surface area contributed by atoms with Gasteiger partial charge in [0.2, 0.25) is 0 Å². The number of piperidine rings is 1. The van der Waals surface area contributed by atoms with Crippen LogP contribution in [0.25, 0.3) is 0 Å². The molecule has 4 nitrogen and oxygen atoms in total. The molecule has 17 heavy (non-hydrogen) atoms. The van der Waals surface area contributed by atoms with Gasteiger partial charge >= 0.3 is 0 Å². The van der Waals surface area contributed by atoms with Crippen molar-refractivity contribution in [3.63, 3.8) is 0 Å². The van der Waals surface area contributed by atoms with Crippen molar-refractivity contribution in [2.75, 3.05) is 13.1 Å². The van der Waals surface area contributed by atoms with Crippen LogP contribution in [-0.2, 0) is 13.0 Å². The molecule has 2 aliphatic heterocycles. The van der Waals surface area contributed by atoms with Gasteiger partial charge in [0.1, 0.15) is 11.9 Å². The summed E-state index contributed by atoms with van der Waals surface area (Å²) in [6.07, 6.45) is 5.77. The molecule has 0 saturated carbocycles. The fourth-order valence-electron chi connectivity index (χ4n) is 3.05.